The van der Waals surface area contributed by atoms with Gasteiger partial charge in [-0.25, -0.2) is 4.39 Å². The molecule has 0 aliphatic carbocycles. The molecule has 1 aromatic carbocycles. The van der Waals surface area contributed by atoms with Crippen molar-refractivity contribution in [1.29, 1.82) is 0 Å². The van der Waals surface area contributed by atoms with Crippen molar-refractivity contribution in [1.82, 2.24) is 5.32 Å². The highest BCUT2D eigenvalue weighted by Crippen LogP contribution is 2.12. The van der Waals surface area contributed by atoms with Gasteiger partial charge in [0.25, 0.3) is 5.91 Å². The molecule has 18 heavy (non-hydrogen) atoms. The normalized spacial score (nSPS) is 12.2. The number of ether oxygens (including phenoxy) is 1. The second-order valence-corrected chi connectivity index (χ2v) is 4.15. The zero-order valence-corrected chi connectivity index (χ0v) is 10.7. The molecule has 0 aliphatic rings. The van der Waals surface area contributed by atoms with Crippen LogP contribution in [-0.4, -0.2) is 25.7 Å². The van der Waals surface area contributed by atoms with Crippen LogP contribution < -0.4 is 11.1 Å². The molecule has 3 N–H and O–H groups in total. The van der Waals surface area contributed by atoms with Crippen molar-refractivity contribution < 1.29 is 13.9 Å². The Morgan fingerprint density at radius 2 is 2.28 bits per heavy atom. The third kappa shape index (κ3) is 4.00. The standard InChI is InChI=1S/C13H19FN2O2/c1-3-4-10(8-18-2)16-13(17)9-5-6-11(14)12(15)7-9/h5-7,10H,3-4,8,15H2,1-2H3,(H,16,17). The SMILES string of the molecule is CCCC(COC)NC(=O)c1ccc(F)c(N)c1. The van der Waals surface area contributed by atoms with Crippen LogP contribution in [0.4, 0.5) is 10.1 Å². The first-order valence-corrected chi connectivity index (χ1v) is 5.93. The van der Waals surface area contributed by atoms with Crippen LogP contribution in [0.25, 0.3) is 0 Å². The fourth-order valence-electron chi connectivity index (χ4n) is 1.70. The van der Waals surface area contributed by atoms with E-state index in [2.05, 4.69) is 5.32 Å². The number of amides is 1. The summed E-state index contributed by atoms with van der Waals surface area (Å²) in [4.78, 5) is 11.9. The van der Waals surface area contributed by atoms with E-state index >= 15 is 0 Å². The molecular formula is C13H19FN2O2. The van der Waals surface area contributed by atoms with E-state index < -0.39 is 5.82 Å². The fourth-order valence-corrected chi connectivity index (χ4v) is 1.70. The number of nitrogens with two attached hydrogens (primary N) is 1. The number of rotatable bonds is 6. The highest BCUT2D eigenvalue weighted by atomic mass is 19.1. The molecule has 1 rings (SSSR count). The van der Waals surface area contributed by atoms with Gasteiger partial charge in [0.05, 0.1) is 18.3 Å². The predicted molar refractivity (Wildman–Crippen MR) is 68.9 cm³/mol. The quantitative estimate of drug-likeness (QED) is 0.763. The van der Waals surface area contributed by atoms with Gasteiger partial charge in [-0.2, -0.15) is 0 Å². The number of hydrogen-bond acceptors (Lipinski definition) is 3. The molecule has 1 atom stereocenters. The third-order valence-electron chi connectivity index (χ3n) is 2.60. The summed E-state index contributed by atoms with van der Waals surface area (Å²) in [5.74, 6) is -0.786. The molecule has 0 fully saturated rings. The maximum atomic E-state index is 13.0. The molecule has 0 saturated carbocycles. The second-order valence-electron chi connectivity index (χ2n) is 4.15. The van der Waals surface area contributed by atoms with Gasteiger partial charge in [-0.15, -0.1) is 0 Å². The summed E-state index contributed by atoms with van der Waals surface area (Å²) in [6.45, 7) is 2.49. The first-order chi connectivity index (χ1) is 8.58. The van der Waals surface area contributed by atoms with E-state index in [9.17, 15) is 9.18 Å². The molecule has 0 spiro atoms. The van der Waals surface area contributed by atoms with Crippen LogP contribution in [0.3, 0.4) is 0 Å². The van der Waals surface area contributed by atoms with Crippen LogP contribution in [-0.2, 0) is 4.74 Å². The number of anilines is 1. The molecule has 0 heterocycles. The highest BCUT2D eigenvalue weighted by Gasteiger charge is 2.13. The van der Waals surface area contributed by atoms with E-state index in [0.717, 1.165) is 12.8 Å². The number of halogens is 1. The van der Waals surface area contributed by atoms with Crippen molar-refractivity contribution in [3.63, 3.8) is 0 Å². The lowest BCUT2D eigenvalue weighted by molar-refractivity contribution is 0.0891. The van der Waals surface area contributed by atoms with Gasteiger partial charge in [-0.1, -0.05) is 13.3 Å². The number of methoxy groups -OCH3 is 1. The molecule has 0 aliphatic heterocycles. The van der Waals surface area contributed by atoms with E-state index in [0.29, 0.717) is 12.2 Å². The number of benzene rings is 1. The van der Waals surface area contributed by atoms with Gasteiger partial charge in [-0.3, -0.25) is 4.79 Å². The fraction of sp³-hybridized carbons (Fsp3) is 0.462. The minimum Gasteiger partial charge on any atom is -0.396 e. The van der Waals surface area contributed by atoms with Crippen molar-refractivity contribution in [3.05, 3.63) is 29.6 Å². The van der Waals surface area contributed by atoms with Crippen molar-refractivity contribution in [2.24, 2.45) is 0 Å². The Morgan fingerprint density at radius 1 is 1.56 bits per heavy atom. The van der Waals surface area contributed by atoms with Crippen molar-refractivity contribution in [2.75, 3.05) is 19.5 Å². The van der Waals surface area contributed by atoms with Gasteiger partial charge >= 0.3 is 0 Å². The van der Waals surface area contributed by atoms with E-state index in [-0.39, 0.29) is 17.6 Å². The van der Waals surface area contributed by atoms with Gasteiger partial charge in [0.1, 0.15) is 5.82 Å². The summed E-state index contributed by atoms with van der Waals surface area (Å²) in [6, 6.07) is 3.89. The zero-order valence-electron chi connectivity index (χ0n) is 10.7. The maximum absolute atomic E-state index is 13.0. The molecule has 1 amide bonds. The lowest BCUT2D eigenvalue weighted by Crippen LogP contribution is -2.37. The second kappa shape index (κ2) is 6.96. The number of nitrogen functional groups attached to an aromatic ring is 1. The van der Waals surface area contributed by atoms with Crippen LogP contribution in [0, 0.1) is 5.82 Å². The molecule has 0 aromatic heterocycles. The average Bonchev–Trinajstić information content (AvgIpc) is 2.33. The van der Waals surface area contributed by atoms with Crippen LogP contribution in [0.5, 0.6) is 0 Å². The third-order valence-corrected chi connectivity index (χ3v) is 2.60. The van der Waals surface area contributed by atoms with E-state index in [1.807, 2.05) is 6.92 Å². The Balaban J connectivity index is 2.70. The van der Waals surface area contributed by atoms with E-state index in [1.54, 1.807) is 7.11 Å². The molecule has 1 aromatic rings. The van der Waals surface area contributed by atoms with Crippen LogP contribution in [0.1, 0.15) is 30.1 Å². The van der Waals surface area contributed by atoms with Gasteiger partial charge in [0.15, 0.2) is 0 Å². The summed E-state index contributed by atoms with van der Waals surface area (Å²) in [6.07, 6.45) is 1.77. The zero-order chi connectivity index (χ0) is 13.5. The summed E-state index contributed by atoms with van der Waals surface area (Å²) in [5.41, 5.74) is 5.75. The number of carbonyl (C=O) groups is 1. The predicted octanol–water partition coefficient (Wildman–Crippen LogP) is 1.95. The number of hydrogen-bond donors (Lipinski definition) is 2. The van der Waals surface area contributed by atoms with Crippen molar-refractivity contribution in [2.45, 2.75) is 25.8 Å². The Morgan fingerprint density at radius 3 is 2.83 bits per heavy atom. The number of nitrogens with one attached hydrogen (secondary N) is 1. The lowest BCUT2D eigenvalue weighted by Gasteiger charge is -2.17. The molecule has 5 heteroatoms. The van der Waals surface area contributed by atoms with Crippen molar-refractivity contribution >= 4 is 11.6 Å². The van der Waals surface area contributed by atoms with E-state index in [1.165, 1.54) is 18.2 Å². The van der Waals surface area contributed by atoms with Gasteiger partial charge in [-0.05, 0) is 24.6 Å². The molecule has 4 nitrogen and oxygen atoms in total. The largest absolute Gasteiger partial charge is 0.396 e. The molecular weight excluding hydrogens is 235 g/mol. The maximum Gasteiger partial charge on any atom is 0.251 e. The van der Waals surface area contributed by atoms with Crippen LogP contribution in [0.15, 0.2) is 18.2 Å². The summed E-state index contributed by atoms with van der Waals surface area (Å²) in [7, 11) is 1.59. The Bertz CT molecular complexity index is 404. The Kier molecular flexibility index (Phi) is 5.58. The smallest absolute Gasteiger partial charge is 0.251 e. The molecule has 0 radical (unpaired) electrons. The summed E-state index contributed by atoms with van der Waals surface area (Å²) >= 11 is 0. The van der Waals surface area contributed by atoms with Gasteiger partial charge in [0.2, 0.25) is 0 Å². The van der Waals surface area contributed by atoms with Crippen LogP contribution >= 0.6 is 0 Å². The molecule has 0 bridgehead atoms. The van der Waals surface area contributed by atoms with Gasteiger partial charge < -0.3 is 15.8 Å². The molecule has 0 saturated heterocycles. The Labute approximate surface area is 106 Å². The topological polar surface area (TPSA) is 64.3 Å². The highest BCUT2D eigenvalue weighted by molar-refractivity contribution is 5.95. The minimum absolute atomic E-state index is 0.0265. The number of carbonyl (C=O) groups excluding carboxylic acids is 1. The molecule has 100 valence electrons. The summed E-state index contributed by atoms with van der Waals surface area (Å²) in [5, 5.41) is 2.84. The lowest BCUT2D eigenvalue weighted by atomic mass is 10.1. The molecule has 1 unspecified atom stereocenters. The van der Waals surface area contributed by atoms with E-state index in [4.69, 9.17) is 10.5 Å². The average molecular weight is 254 g/mol. The first-order valence-electron chi connectivity index (χ1n) is 5.93. The monoisotopic (exact) mass is 254 g/mol. The van der Waals surface area contributed by atoms with Crippen LogP contribution in [0.2, 0.25) is 0 Å². The first kappa shape index (κ1) is 14.4. The van der Waals surface area contributed by atoms with Crippen molar-refractivity contribution in [3.8, 4) is 0 Å². The van der Waals surface area contributed by atoms with Gasteiger partial charge in [0, 0.05) is 12.7 Å². The minimum atomic E-state index is -0.520. The summed E-state index contributed by atoms with van der Waals surface area (Å²) < 4.78 is 18.0. The Hall–Kier alpha value is -1.62.